The average Bonchev–Trinajstić information content (AvgIpc) is 2.49. The first kappa shape index (κ1) is 15.8. The molecule has 1 amide bonds. The smallest absolute Gasteiger partial charge is 0.238 e. The Bertz CT molecular complexity index is 482. The molecule has 116 valence electrons. The van der Waals surface area contributed by atoms with Crippen LogP contribution in [0.4, 0.5) is 5.69 Å². The lowest BCUT2D eigenvalue weighted by molar-refractivity contribution is -0.126. The Labute approximate surface area is 126 Å². The van der Waals surface area contributed by atoms with Gasteiger partial charge in [0, 0.05) is 12.7 Å². The third-order valence-electron chi connectivity index (χ3n) is 4.00. The highest BCUT2D eigenvalue weighted by Gasteiger charge is 2.38. The fourth-order valence-corrected chi connectivity index (χ4v) is 2.68. The molecule has 2 rings (SSSR count). The van der Waals surface area contributed by atoms with Gasteiger partial charge in [-0.2, -0.15) is 0 Å². The van der Waals surface area contributed by atoms with Crippen LogP contribution in [0.25, 0.3) is 0 Å². The molecule has 1 aromatic heterocycles. The Morgan fingerprint density at radius 3 is 3.00 bits per heavy atom. The summed E-state index contributed by atoms with van der Waals surface area (Å²) in [5, 5.41) is 6.34. The minimum atomic E-state index is -0.330. The van der Waals surface area contributed by atoms with Crippen LogP contribution in [0.5, 0.6) is 5.88 Å². The maximum Gasteiger partial charge on any atom is 0.238 e. The first-order valence-electron chi connectivity index (χ1n) is 7.71. The SMILES string of the molecule is CCC1(C(=O)Nc2cccnc2OC(C)C)CCCNC1. The van der Waals surface area contributed by atoms with Crippen molar-refractivity contribution >= 4 is 11.6 Å². The molecule has 0 aliphatic carbocycles. The zero-order valence-corrected chi connectivity index (χ0v) is 13.1. The van der Waals surface area contributed by atoms with E-state index in [0.29, 0.717) is 11.6 Å². The minimum Gasteiger partial charge on any atom is -0.473 e. The van der Waals surface area contributed by atoms with Crippen molar-refractivity contribution in [3.63, 3.8) is 0 Å². The highest BCUT2D eigenvalue weighted by molar-refractivity contribution is 5.96. The van der Waals surface area contributed by atoms with Gasteiger partial charge in [0.25, 0.3) is 0 Å². The summed E-state index contributed by atoms with van der Waals surface area (Å²) in [6.45, 7) is 7.68. The van der Waals surface area contributed by atoms with Gasteiger partial charge >= 0.3 is 0 Å². The van der Waals surface area contributed by atoms with Crippen LogP contribution < -0.4 is 15.4 Å². The van der Waals surface area contributed by atoms with Gasteiger partial charge in [-0.15, -0.1) is 0 Å². The number of aromatic nitrogens is 1. The predicted octanol–water partition coefficient (Wildman–Crippen LogP) is 2.59. The summed E-state index contributed by atoms with van der Waals surface area (Å²) in [6.07, 6.45) is 4.47. The van der Waals surface area contributed by atoms with Gasteiger partial charge in [0.1, 0.15) is 5.69 Å². The van der Waals surface area contributed by atoms with Gasteiger partial charge in [-0.3, -0.25) is 4.79 Å². The molecule has 21 heavy (non-hydrogen) atoms. The lowest BCUT2D eigenvalue weighted by Crippen LogP contribution is -2.47. The molecule has 1 aliphatic heterocycles. The summed E-state index contributed by atoms with van der Waals surface area (Å²) in [7, 11) is 0. The normalized spacial score (nSPS) is 22.1. The van der Waals surface area contributed by atoms with Crippen LogP contribution in [-0.4, -0.2) is 30.1 Å². The molecule has 0 radical (unpaired) electrons. The van der Waals surface area contributed by atoms with E-state index in [1.54, 1.807) is 12.3 Å². The topological polar surface area (TPSA) is 63.2 Å². The van der Waals surface area contributed by atoms with Crippen molar-refractivity contribution in [2.75, 3.05) is 18.4 Å². The van der Waals surface area contributed by atoms with E-state index in [9.17, 15) is 4.79 Å². The molecule has 1 atom stereocenters. The Kier molecular flexibility index (Phi) is 5.17. The van der Waals surface area contributed by atoms with Gasteiger partial charge < -0.3 is 15.4 Å². The summed E-state index contributed by atoms with van der Waals surface area (Å²) in [5.41, 5.74) is 0.318. The molecule has 5 nitrogen and oxygen atoms in total. The molecule has 1 aliphatic rings. The number of carbonyl (C=O) groups is 1. The van der Waals surface area contributed by atoms with Crippen LogP contribution in [0, 0.1) is 5.41 Å². The van der Waals surface area contributed by atoms with E-state index >= 15 is 0 Å². The lowest BCUT2D eigenvalue weighted by atomic mass is 9.77. The van der Waals surface area contributed by atoms with Gasteiger partial charge in [-0.1, -0.05) is 6.92 Å². The van der Waals surface area contributed by atoms with E-state index in [0.717, 1.165) is 32.4 Å². The molecule has 1 unspecified atom stereocenters. The standard InChI is InChI=1S/C16H25N3O2/c1-4-16(8-6-9-17-11-16)15(20)19-13-7-5-10-18-14(13)21-12(2)3/h5,7,10,12,17H,4,6,8-9,11H2,1-3H3,(H,19,20). The van der Waals surface area contributed by atoms with Crippen molar-refractivity contribution in [2.45, 2.75) is 46.1 Å². The van der Waals surface area contributed by atoms with Crippen molar-refractivity contribution in [3.05, 3.63) is 18.3 Å². The predicted molar refractivity (Wildman–Crippen MR) is 83.5 cm³/mol. The minimum absolute atomic E-state index is 0.0204. The molecule has 1 saturated heterocycles. The van der Waals surface area contributed by atoms with Crippen LogP contribution >= 0.6 is 0 Å². The van der Waals surface area contributed by atoms with Gasteiger partial charge in [0.15, 0.2) is 0 Å². The van der Waals surface area contributed by atoms with Gasteiger partial charge in [0.05, 0.1) is 11.5 Å². The molecule has 0 bridgehead atoms. The molecule has 0 spiro atoms. The first-order chi connectivity index (χ1) is 10.1. The number of hydrogen-bond acceptors (Lipinski definition) is 4. The van der Waals surface area contributed by atoms with Crippen molar-refractivity contribution < 1.29 is 9.53 Å². The summed E-state index contributed by atoms with van der Waals surface area (Å²) >= 11 is 0. The number of nitrogens with zero attached hydrogens (tertiary/aromatic N) is 1. The van der Waals surface area contributed by atoms with E-state index in [1.165, 1.54) is 0 Å². The maximum absolute atomic E-state index is 12.7. The molecule has 5 heteroatoms. The molecule has 2 N–H and O–H groups in total. The zero-order valence-electron chi connectivity index (χ0n) is 13.1. The molecule has 0 aromatic carbocycles. The highest BCUT2D eigenvalue weighted by Crippen LogP contribution is 2.33. The van der Waals surface area contributed by atoms with Crippen LogP contribution in [0.15, 0.2) is 18.3 Å². The van der Waals surface area contributed by atoms with Crippen molar-refractivity contribution in [1.82, 2.24) is 10.3 Å². The maximum atomic E-state index is 12.7. The number of nitrogens with one attached hydrogen (secondary N) is 2. The molecular weight excluding hydrogens is 266 g/mol. The number of hydrogen-bond donors (Lipinski definition) is 2. The Hall–Kier alpha value is -1.62. The first-order valence-corrected chi connectivity index (χ1v) is 7.71. The largest absolute Gasteiger partial charge is 0.473 e. The summed E-state index contributed by atoms with van der Waals surface area (Å²) in [5.74, 6) is 0.537. The van der Waals surface area contributed by atoms with E-state index in [4.69, 9.17) is 4.74 Å². The molecular formula is C16H25N3O2. The summed E-state index contributed by atoms with van der Waals surface area (Å²) in [4.78, 5) is 16.9. The van der Waals surface area contributed by atoms with Gasteiger partial charge in [0.2, 0.25) is 11.8 Å². The van der Waals surface area contributed by atoms with Crippen LogP contribution in [0.3, 0.4) is 0 Å². The highest BCUT2D eigenvalue weighted by atomic mass is 16.5. The molecule has 2 heterocycles. The monoisotopic (exact) mass is 291 g/mol. The van der Waals surface area contributed by atoms with E-state index in [2.05, 4.69) is 22.5 Å². The van der Waals surface area contributed by atoms with Crippen LogP contribution in [0.2, 0.25) is 0 Å². The fraction of sp³-hybridized carbons (Fsp3) is 0.625. The van der Waals surface area contributed by atoms with E-state index in [1.807, 2.05) is 19.9 Å². The summed E-state index contributed by atoms with van der Waals surface area (Å²) < 4.78 is 5.66. The second kappa shape index (κ2) is 6.89. The number of ether oxygens (including phenoxy) is 1. The van der Waals surface area contributed by atoms with E-state index in [-0.39, 0.29) is 17.4 Å². The van der Waals surface area contributed by atoms with Crippen molar-refractivity contribution in [2.24, 2.45) is 5.41 Å². The summed E-state index contributed by atoms with van der Waals surface area (Å²) in [6, 6.07) is 3.64. The van der Waals surface area contributed by atoms with Crippen LogP contribution in [-0.2, 0) is 4.79 Å². The number of piperidine rings is 1. The number of anilines is 1. The Balaban J connectivity index is 2.15. The Morgan fingerprint density at radius 2 is 2.38 bits per heavy atom. The number of carbonyl (C=O) groups excluding carboxylic acids is 1. The molecule has 1 aromatic rings. The van der Waals surface area contributed by atoms with Crippen LogP contribution in [0.1, 0.15) is 40.0 Å². The van der Waals surface area contributed by atoms with E-state index < -0.39 is 0 Å². The average molecular weight is 291 g/mol. The third-order valence-corrected chi connectivity index (χ3v) is 4.00. The fourth-order valence-electron chi connectivity index (χ4n) is 2.68. The number of pyridine rings is 1. The number of amides is 1. The number of rotatable bonds is 5. The van der Waals surface area contributed by atoms with Crippen molar-refractivity contribution in [1.29, 1.82) is 0 Å². The third kappa shape index (κ3) is 3.73. The quantitative estimate of drug-likeness (QED) is 0.875. The second-order valence-corrected chi connectivity index (χ2v) is 5.89. The molecule has 1 fully saturated rings. The lowest BCUT2D eigenvalue weighted by Gasteiger charge is -2.35. The van der Waals surface area contributed by atoms with Gasteiger partial charge in [-0.25, -0.2) is 4.98 Å². The van der Waals surface area contributed by atoms with Crippen molar-refractivity contribution in [3.8, 4) is 5.88 Å². The molecule has 0 saturated carbocycles. The Morgan fingerprint density at radius 1 is 1.57 bits per heavy atom. The second-order valence-electron chi connectivity index (χ2n) is 5.89. The van der Waals surface area contributed by atoms with Gasteiger partial charge in [-0.05, 0) is 51.8 Å². The zero-order chi connectivity index (χ0) is 15.3.